The Morgan fingerprint density at radius 1 is 1.64 bits per heavy atom. The second-order valence-corrected chi connectivity index (χ2v) is 7.24. The second kappa shape index (κ2) is 3.51. The Morgan fingerprint density at radius 2 is 2.36 bits per heavy atom. The van der Waals surface area contributed by atoms with Crippen molar-refractivity contribution in [3.05, 3.63) is 9.85 Å². The van der Waals surface area contributed by atoms with Crippen molar-refractivity contribution in [1.82, 2.24) is 0 Å². The third kappa shape index (κ3) is 1.71. The lowest BCUT2D eigenvalue weighted by atomic mass is 10.6. The molecule has 76 valence electrons. The number of amidine groups is 1. The molecule has 2 heterocycles. The highest BCUT2D eigenvalue weighted by Crippen LogP contribution is 2.38. The summed E-state index contributed by atoms with van der Waals surface area (Å²) < 4.78 is 27.6. The molecule has 0 saturated carbocycles. The van der Waals surface area contributed by atoms with Crippen molar-refractivity contribution in [3.8, 4) is 0 Å². The average Bonchev–Trinajstić information content (AvgIpc) is 2.45. The summed E-state index contributed by atoms with van der Waals surface area (Å²) in [7, 11) is -3.50. The normalized spacial score (nSPS) is 18.3. The van der Waals surface area contributed by atoms with E-state index in [-0.39, 0.29) is 4.90 Å². The van der Waals surface area contributed by atoms with Crippen LogP contribution in [0.3, 0.4) is 0 Å². The van der Waals surface area contributed by atoms with E-state index in [0.717, 1.165) is 3.79 Å². The molecule has 0 atom stereocenters. The Morgan fingerprint density at radius 3 is 3.00 bits per heavy atom. The van der Waals surface area contributed by atoms with Gasteiger partial charge >= 0.3 is 0 Å². The molecule has 0 amide bonds. The van der Waals surface area contributed by atoms with Crippen molar-refractivity contribution >= 4 is 59.2 Å². The molecule has 1 aliphatic heterocycles. The van der Waals surface area contributed by atoms with Gasteiger partial charge in [0.2, 0.25) is 0 Å². The molecule has 1 aromatic rings. The van der Waals surface area contributed by atoms with Gasteiger partial charge in [0.15, 0.2) is 5.17 Å². The summed E-state index contributed by atoms with van der Waals surface area (Å²) in [5.41, 5.74) is 0. The molecular weight excluding hydrogens is 308 g/mol. The van der Waals surface area contributed by atoms with Crippen molar-refractivity contribution in [3.63, 3.8) is 0 Å². The van der Waals surface area contributed by atoms with Crippen LogP contribution in [0.1, 0.15) is 0 Å². The average molecular weight is 313 g/mol. The van der Waals surface area contributed by atoms with Gasteiger partial charge in [-0.25, -0.2) is 0 Å². The number of hydrogen-bond donors (Lipinski definition) is 1. The van der Waals surface area contributed by atoms with Gasteiger partial charge in [-0.05, 0) is 28.3 Å². The van der Waals surface area contributed by atoms with E-state index < -0.39 is 10.0 Å². The van der Waals surface area contributed by atoms with Crippen LogP contribution < -0.4 is 5.32 Å². The predicted molar refractivity (Wildman–Crippen MR) is 63.8 cm³/mol. The first-order valence-electron chi connectivity index (χ1n) is 3.48. The van der Waals surface area contributed by atoms with Crippen LogP contribution in [0, 0.1) is 0 Å². The van der Waals surface area contributed by atoms with Gasteiger partial charge < -0.3 is 5.32 Å². The highest BCUT2D eigenvalue weighted by atomic mass is 79.9. The number of sulfonamides is 1. The summed E-state index contributed by atoms with van der Waals surface area (Å²) in [6.07, 6.45) is 1.77. The van der Waals surface area contributed by atoms with Gasteiger partial charge in [-0.1, -0.05) is 11.8 Å². The van der Waals surface area contributed by atoms with Crippen LogP contribution in [-0.2, 0) is 10.0 Å². The largest absolute Gasteiger partial charge is 0.325 e. The smallest absolute Gasteiger partial charge is 0.287 e. The minimum atomic E-state index is -3.50. The summed E-state index contributed by atoms with van der Waals surface area (Å²) in [6.45, 7) is 0. The highest BCUT2D eigenvalue weighted by Gasteiger charge is 2.26. The zero-order chi connectivity index (χ0) is 10.3. The van der Waals surface area contributed by atoms with E-state index in [9.17, 15) is 8.42 Å². The highest BCUT2D eigenvalue weighted by molar-refractivity contribution is 9.11. The quantitative estimate of drug-likeness (QED) is 0.799. The first kappa shape index (κ1) is 10.5. The molecule has 0 aliphatic carbocycles. The zero-order valence-corrected chi connectivity index (χ0v) is 11.0. The van der Waals surface area contributed by atoms with Gasteiger partial charge in [-0.2, -0.15) is 8.42 Å². The van der Waals surface area contributed by atoms with Crippen LogP contribution in [0.15, 0.2) is 19.1 Å². The number of hydrogen-bond acceptors (Lipinski definition) is 5. The van der Waals surface area contributed by atoms with E-state index in [4.69, 9.17) is 0 Å². The second-order valence-electron chi connectivity index (χ2n) is 2.44. The number of fused-ring (bicyclic) bond motifs is 1. The molecule has 1 aliphatic rings. The maximum Gasteiger partial charge on any atom is 0.287 e. The Bertz CT molecular complexity index is 505. The van der Waals surface area contributed by atoms with E-state index in [0.29, 0.717) is 10.2 Å². The Labute approximate surface area is 98.0 Å². The third-order valence-electron chi connectivity index (χ3n) is 1.56. The fourth-order valence-electron chi connectivity index (χ4n) is 0.991. The molecule has 14 heavy (non-hydrogen) atoms. The van der Waals surface area contributed by atoms with E-state index >= 15 is 0 Å². The molecule has 0 bridgehead atoms. The first-order chi connectivity index (χ1) is 6.53. The number of rotatable bonds is 0. The van der Waals surface area contributed by atoms with Gasteiger partial charge in [-0.15, -0.1) is 15.7 Å². The van der Waals surface area contributed by atoms with Gasteiger partial charge in [0.05, 0.1) is 3.79 Å². The van der Waals surface area contributed by atoms with E-state index in [1.54, 1.807) is 12.3 Å². The van der Waals surface area contributed by atoms with E-state index in [2.05, 4.69) is 25.6 Å². The van der Waals surface area contributed by atoms with Crippen LogP contribution in [0.25, 0.3) is 0 Å². The standard InChI is InChI=1S/C6H5BrN2O2S3/c1-12-6-8-5-3(2-4(7)13-5)14(10,11)9-6/h2H,1H3,(H,8,9). The van der Waals surface area contributed by atoms with Crippen LogP contribution in [0.2, 0.25) is 0 Å². The number of thiophene rings is 1. The third-order valence-corrected chi connectivity index (χ3v) is 5.24. The molecular formula is C6H5BrN2O2S3. The van der Waals surface area contributed by atoms with Crippen molar-refractivity contribution in [1.29, 1.82) is 0 Å². The van der Waals surface area contributed by atoms with Crippen molar-refractivity contribution in [2.24, 2.45) is 4.40 Å². The molecule has 1 N–H and O–H groups in total. The Balaban J connectivity index is 2.61. The minimum Gasteiger partial charge on any atom is -0.325 e. The van der Waals surface area contributed by atoms with Crippen molar-refractivity contribution in [2.45, 2.75) is 4.90 Å². The van der Waals surface area contributed by atoms with Gasteiger partial charge in [0.1, 0.15) is 9.90 Å². The number of halogens is 1. The molecule has 0 radical (unpaired) electrons. The van der Waals surface area contributed by atoms with Crippen molar-refractivity contribution < 1.29 is 8.42 Å². The Hall–Kier alpha value is -0.0500. The molecule has 4 nitrogen and oxygen atoms in total. The zero-order valence-electron chi connectivity index (χ0n) is 6.94. The first-order valence-corrected chi connectivity index (χ1v) is 7.75. The lowest BCUT2D eigenvalue weighted by Gasteiger charge is -2.11. The fraction of sp³-hybridized carbons (Fsp3) is 0.167. The summed E-state index contributed by atoms with van der Waals surface area (Å²) in [5.74, 6) is 0. The van der Waals surface area contributed by atoms with E-state index in [1.165, 1.54) is 23.1 Å². The lowest BCUT2D eigenvalue weighted by Crippen LogP contribution is -2.16. The van der Waals surface area contributed by atoms with Gasteiger partial charge in [-0.3, -0.25) is 0 Å². The molecule has 0 spiro atoms. The maximum absolute atomic E-state index is 11.6. The van der Waals surface area contributed by atoms with Gasteiger partial charge in [0, 0.05) is 0 Å². The molecule has 0 unspecified atom stereocenters. The van der Waals surface area contributed by atoms with Gasteiger partial charge in [0.25, 0.3) is 10.0 Å². The maximum atomic E-state index is 11.6. The molecule has 0 saturated heterocycles. The topological polar surface area (TPSA) is 58.5 Å². The summed E-state index contributed by atoms with van der Waals surface area (Å²) in [6, 6.07) is 1.56. The van der Waals surface area contributed by atoms with Crippen LogP contribution in [0.5, 0.6) is 0 Å². The van der Waals surface area contributed by atoms with Crippen molar-refractivity contribution in [2.75, 3.05) is 11.6 Å². The van der Waals surface area contributed by atoms with Crippen LogP contribution >= 0.6 is 39.0 Å². The lowest BCUT2D eigenvalue weighted by molar-refractivity contribution is 0.598. The molecule has 8 heteroatoms. The predicted octanol–water partition coefficient (Wildman–Crippen LogP) is 2.34. The summed E-state index contributed by atoms with van der Waals surface area (Å²) in [4.78, 5) is 0.243. The number of thioether (sulfide) groups is 1. The molecule has 1 aromatic heterocycles. The molecule has 0 fully saturated rings. The summed E-state index contributed by atoms with van der Waals surface area (Å²) >= 11 is 5.86. The summed E-state index contributed by atoms with van der Waals surface area (Å²) in [5, 5.41) is 3.98. The SMILES string of the molecule is CSC1=NS(=O)(=O)c2cc(Br)sc2N1. The number of nitrogens with one attached hydrogen (secondary N) is 1. The van der Waals surface area contributed by atoms with E-state index in [1.807, 2.05) is 0 Å². The molecule has 2 rings (SSSR count). The number of anilines is 1. The number of nitrogens with zero attached hydrogens (tertiary/aromatic N) is 1. The fourth-order valence-corrected chi connectivity index (χ4v) is 4.83. The van der Waals surface area contributed by atoms with Crippen LogP contribution in [-0.4, -0.2) is 19.8 Å². The monoisotopic (exact) mass is 312 g/mol. The molecule has 0 aromatic carbocycles. The Kier molecular flexibility index (Phi) is 2.63. The van der Waals surface area contributed by atoms with Crippen LogP contribution in [0.4, 0.5) is 5.00 Å². The minimum absolute atomic E-state index is 0.243.